The number of aromatic nitrogens is 2. The maximum absolute atomic E-state index is 12.1. The predicted octanol–water partition coefficient (Wildman–Crippen LogP) is 2.87. The molecular formula is C19H25ClN4O3. The van der Waals surface area contributed by atoms with Gasteiger partial charge in [0, 0.05) is 24.1 Å². The first-order valence-electron chi connectivity index (χ1n) is 9.13. The highest BCUT2D eigenvalue weighted by atomic mass is 35.5. The van der Waals surface area contributed by atoms with Gasteiger partial charge in [-0.2, -0.15) is 0 Å². The summed E-state index contributed by atoms with van der Waals surface area (Å²) >= 11 is 6.15. The zero-order valence-corrected chi connectivity index (χ0v) is 16.5. The zero-order chi connectivity index (χ0) is 19.2. The van der Waals surface area contributed by atoms with Gasteiger partial charge in [0.25, 0.3) is 0 Å². The van der Waals surface area contributed by atoms with Crippen LogP contribution in [0.1, 0.15) is 25.1 Å². The first-order chi connectivity index (χ1) is 13.1. The Balaban J connectivity index is 1.89. The first-order valence-corrected chi connectivity index (χ1v) is 9.51. The van der Waals surface area contributed by atoms with Gasteiger partial charge in [-0.05, 0) is 37.6 Å². The lowest BCUT2D eigenvalue weighted by atomic mass is 10.0. The molecule has 1 atom stereocenters. The van der Waals surface area contributed by atoms with Crippen molar-refractivity contribution >= 4 is 34.3 Å². The summed E-state index contributed by atoms with van der Waals surface area (Å²) in [7, 11) is 3.09. The van der Waals surface area contributed by atoms with Crippen LogP contribution in [0.15, 0.2) is 18.2 Å². The molecule has 8 heteroatoms. The molecule has 1 fully saturated rings. The minimum absolute atomic E-state index is 0.194. The molecule has 7 nitrogen and oxygen atoms in total. The van der Waals surface area contributed by atoms with Crippen LogP contribution in [-0.2, 0) is 20.8 Å². The third-order valence-corrected chi connectivity index (χ3v) is 4.97. The highest BCUT2D eigenvalue weighted by molar-refractivity contribution is 6.31. The van der Waals surface area contributed by atoms with Gasteiger partial charge in [0.1, 0.15) is 17.7 Å². The fourth-order valence-corrected chi connectivity index (χ4v) is 3.56. The molecule has 1 unspecified atom stereocenters. The summed E-state index contributed by atoms with van der Waals surface area (Å²) in [6.07, 6.45) is 2.88. The SMILES string of the molecule is COCCNc1nc(CN2CCCCC2C(=O)OC)nc2ccc(Cl)cc12. The van der Waals surface area contributed by atoms with E-state index in [9.17, 15) is 4.79 Å². The van der Waals surface area contributed by atoms with Crippen LogP contribution in [-0.4, -0.2) is 60.8 Å². The molecule has 2 aromatic rings. The summed E-state index contributed by atoms with van der Waals surface area (Å²) in [6.45, 7) is 2.52. The summed E-state index contributed by atoms with van der Waals surface area (Å²) in [5.41, 5.74) is 0.816. The number of hydrogen-bond donors (Lipinski definition) is 1. The van der Waals surface area contributed by atoms with Gasteiger partial charge in [0.2, 0.25) is 0 Å². The quantitative estimate of drug-likeness (QED) is 0.573. The van der Waals surface area contributed by atoms with Gasteiger partial charge in [-0.15, -0.1) is 0 Å². The van der Waals surface area contributed by atoms with E-state index in [0.717, 1.165) is 42.5 Å². The maximum atomic E-state index is 12.1. The molecule has 1 saturated heterocycles. The number of rotatable bonds is 7. The number of ether oxygens (including phenoxy) is 2. The van der Waals surface area contributed by atoms with Crippen LogP contribution in [0.4, 0.5) is 5.82 Å². The number of methoxy groups -OCH3 is 2. The summed E-state index contributed by atoms with van der Waals surface area (Å²) in [5.74, 6) is 1.20. The molecule has 0 spiro atoms. The number of nitrogens with one attached hydrogen (secondary N) is 1. The molecule has 0 aliphatic carbocycles. The summed E-state index contributed by atoms with van der Waals surface area (Å²) in [4.78, 5) is 23.6. The van der Waals surface area contributed by atoms with Crippen molar-refractivity contribution in [3.63, 3.8) is 0 Å². The molecule has 1 aromatic heterocycles. The van der Waals surface area contributed by atoms with Gasteiger partial charge in [-0.3, -0.25) is 9.69 Å². The Labute approximate surface area is 164 Å². The lowest BCUT2D eigenvalue weighted by Crippen LogP contribution is -2.44. The Morgan fingerprint density at radius 3 is 2.96 bits per heavy atom. The standard InChI is InChI=1S/C19H25ClN4O3/c1-26-10-8-21-18-14-11-13(20)6-7-15(14)22-17(23-18)12-24-9-4-3-5-16(24)19(25)27-2/h6-7,11,16H,3-5,8-10,12H2,1-2H3,(H,21,22,23). The van der Waals surface area contributed by atoms with Crippen molar-refractivity contribution in [3.05, 3.63) is 29.0 Å². The van der Waals surface area contributed by atoms with E-state index >= 15 is 0 Å². The molecule has 0 saturated carbocycles. The minimum atomic E-state index is -0.238. The molecular weight excluding hydrogens is 368 g/mol. The number of anilines is 1. The number of nitrogens with zero attached hydrogens (tertiary/aromatic N) is 3. The van der Waals surface area contributed by atoms with Crippen molar-refractivity contribution in [1.82, 2.24) is 14.9 Å². The second kappa shape index (κ2) is 9.30. The number of carbonyl (C=O) groups is 1. The largest absolute Gasteiger partial charge is 0.468 e. The van der Waals surface area contributed by atoms with Crippen molar-refractivity contribution in [2.45, 2.75) is 31.8 Å². The van der Waals surface area contributed by atoms with E-state index in [1.165, 1.54) is 7.11 Å². The smallest absolute Gasteiger partial charge is 0.323 e. The van der Waals surface area contributed by atoms with E-state index in [4.69, 9.17) is 26.1 Å². The fraction of sp³-hybridized carbons (Fsp3) is 0.526. The average Bonchev–Trinajstić information content (AvgIpc) is 2.68. The van der Waals surface area contributed by atoms with Gasteiger partial charge in [0.15, 0.2) is 0 Å². The van der Waals surface area contributed by atoms with Crippen LogP contribution in [0.3, 0.4) is 0 Å². The number of hydrogen-bond acceptors (Lipinski definition) is 7. The van der Waals surface area contributed by atoms with Crippen LogP contribution in [0.5, 0.6) is 0 Å². The van der Waals surface area contributed by atoms with Gasteiger partial charge in [-0.25, -0.2) is 9.97 Å². The van der Waals surface area contributed by atoms with Gasteiger partial charge < -0.3 is 14.8 Å². The first kappa shape index (κ1) is 19.8. The second-order valence-electron chi connectivity index (χ2n) is 6.57. The molecule has 27 heavy (non-hydrogen) atoms. The van der Waals surface area contributed by atoms with Gasteiger partial charge in [0.05, 0.1) is 25.8 Å². The average molecular weight is 393 g/mol. The Bertz CT molecular complexity index is 802. The highest BCUT2D eigenvalue weighted by Gasteiger charge is 2.30. The predicted molar refractivity (Wildman–Crippen MR) is 105 cm³/mol. The Morgan fingerprint density at radius 2 is 2.19 bits per heavy atom. The minimum Gasteiger partial charge on any atom is -0.468 e. The number of esters is 1. The van der Waals surface area contributed by atoms with E-state index in [1.54, 1.807) is 7.11 Å². The van der Waals surface area contributed by atoms with Gasteiger partial charge >= 0.3 is 5.97 Å². The molecule has 146 valence electrons. The molecule has 1 aliphatic rings. The number of fused-ring (bicyclic) bond motifs is 1. The second-order valence-corrected chi connectivity index (χ2v) is 7.01. The van der Waals surface area contributed by atoms with Crippen LogP contribution in [0, 0.1) is 0 Å². The lowest BCUT2D eigenvalue weighted by Gasteiger charge is -2.33. The van der Waals surface area contributed by atoms with E-state index < -0.39 is 0 Å². The summed E-state index contributed by atoms with van der Waals surface area (Å²) in [5, 5.41) is 4.79. The van der Waals surface area contributed by atoms with Crippen LogP contribution < -0.4 is 5.32 Å². The summed E-state index contributed by atoms with van der Waals surface area (Å²) in [6, 6.07) is 5.32. The van der Waals surface area contributed by atoms with Crippen molar-refractivity contribution < 1.29 is 14.3 Å². The highest BCUT2D eigenvalue weighted by Crippen LogP contribution is 2.26. The summed E-state index contributed by atoms with van der Waals surface area (Å²) < 4.78 is 10.1. The molecule has 0 bridgehead atoms. The monoisotopic (exact) mass is 392 g/mol. The number of likely N-dealkylation sites (tertiary alicyclic amines) is 1. The molecule has 1 aliphatic heterocycles. The lowest BCUT2D eigenvalue weighted by molar-refractivity contribution is -0.148. The third kappa shape index (κ3) is 4.86. The molecule has 3 rings (SSSR count). The third-order valence-electron chi connectivity index (χ3n) is 4.73. The topological polar surface area (TPSA) is 76.6 Å². The van der Waals surface area contributed by atoms with Crippen molar-refractivity contribution in [3.8, 4) is 0 Å². The van der Waals surface area contributed by atoms with Crippen molar-refractivity contribution in [2.75, 3.05) is 39.2 Å². The molecule has 0 radical (unpaired) electrons. The molecule has 0 amide bonds. The van der Waals surface area contributed by atoms with Crippen molar-refractivity contribution in [1.29, 1.82) is 0 Å². The molecule has 1 aromatic carbocycles. The van der Waals surface area contributed by atoms with E-state index in [2.05, 4.69) is 15.2 Å². The fourth-order valence-electron chi connectivity index (χ4n) is 3.39. The van der Waals surface area contributed by atoms with E-state index in [1.807, 2.05) is 18.2 Å². The van der Waals surface area contributed by atoms with Crippen LogP contribution in [0.2, 0.25) is 5.02 Å². The molecule has 2 heterocycles. The number of halogens is 1. The van der Waals surface area contributed by atoms with E-state index in [-0.39, 0.29) is 12.0 Å². The van der Waals surface area contributed by atoms with Crippen LogP contribution >= 0.6 is 11.6 Å². The van der Waals surface area contributed by atoms with Gasteiger partial charge in [-0.1, -0.05) is 18.0 Å². The normalized spacial score (nSPS) is 17.8. The Hall–Kier alpha value is -1.96. The number of carbonyl (C=O) groups excluding carboxylic acids is 1. The Morgan fingerprint density at radius 1 is 1.33 bits per heavy atom. The van der Waals surface area contributed by atoms with Crippen LogP contribution in [0.25, 0.3) is 10.9 Å². The molecule has 1 N–H and O–H groups in total. The number of piperidine rings is 1. The Kier molecular flexibility index (Phi) is 6.82. The maximum Gasteiger partial charge on any atom is 0.323 e. The van der Waals surface area contributed by atoms with Crippen molar-refractivity contribution in [2.24, 2.45) is 0 Å². The van der Waals surface area contributed by atoms with E-state index in [0.29, 0.717) is 30.5 Å². The zero-order valence-electron chi connectivity index (χ0n) is 15.7. The number of benzene rings is 1.